The molecular formula is C11H22NO+. The minimum Gasteiger partial charge on any atom is -0.441 e. The van der Waals surface area contributed by atoms with Crippen molar-refractivity contribution in [2.75, 3.05) is 6.61 Å². The van der Waals surface area contributed by atoms with E-state index in [0.717, 1.165) is 12.5 Å². The number of nitrogens with zero attached hydrogens (tertiary/aromatic N) is 1. The highest BCUT2D eigenvalue weighted by molar-refractivity contribution is 5.68. The molecule has 0 aliphatic carbocycles. The fourth-order valence-corrected chi connectivity index (χ4v) is 1.94. The number of hydrogen-bond acceptors (Lipinski definition) is 1. The van der Waals surface area contributed by atoms with Gasteiger partial charge in [-0.3, -0.25) is 0 Å². The number of hydrogen-bond donors (Lipinski definition) is 0. The van der Waals surface area contributed by atoms with Gasteiger partial charge in [0.2, 0.25) is 0 Å². The molecule has 2 heteroatoms. The predicted octanol–water partition coefficient (Wildman–Crippen LogP) is 2.27. The molecule has 0 bridgehead atoms. The van der Waals surface area contributed by atoms with Crippen LogP contribution in [0.15, 0.2) is 0 Å². The van der Waals surface area contributed by atoms with E-state index in [1.54, 1.807) is 0 Å². The van der Waals surface area contributed by atoms with E-state index in [1.165, 1.54) is 6.42 Å². The molecule has 1 heterocycles. The lowest BCUT2D eigenvalue weighted by Crippen LogP contribution is -2.36. The number of rotatable bonds is 3. The summed E-state index contributed by atoms with van der Waals surface area (Å²) in [4.78, 5) is 0. The fourth-order valence-electron chi connectivity index (χ4n) is 1.94. The zero-order valence-electron chi connectivity index (χ0n) is 9.50. The summed E-state index contributed by atoms with van der Waals surface area (Å²) in [6.07, 6.45) is 1.18. The Hall–Kier alpha value is -0.530. The standard InChI is InChI=1S/C11H22NO/c1-6-9(4)12-10(5)13-7-11(12)8(2)3/h8-9,11H,6-7H2,1-5H3/q+1/t9?,11-/m1/s1. The van der Waals surface area contributed by atoms with Crippen LogP contribution in [0.5, 0.6) is 0 Å². The van der Waals surface area contributed by atoms with Crippen LogP contribution in [-0.4, -0.2) is 29.2 Å². The second-order valence-electron chi connectivity index (χ2n) is 4.31. The second-order valence-corrected chi connectivity index (χ2v) is 4.31. The zero-order chi connectivity index (χ0) is 10.0. The van der Waals surface area contributed by atoms with E-state index < -0.39 is 0 Å². The first-order valence-electron chi connectivity index (χ1n) is 5.32. The van der Waals surface area contributed by atoms with E-state index in [4.69, 9.17) is 4.74 Å². The third-order valence-corrected chi connectivity index (χ3v) is 3.02. The van der Waals surface area contributed by atoms with Gasteiger partial charge < -0.3 is 4.74 Å². The summed E-state index contributed by atoms with van der Waals surface area (Å²) >= 11 is 0. The molecule has 0 saturated carbocycles. The van der Waals surface area contributed by atoms with E-state index in [-0.39, 0.29) is 0 Å². The molecule has 0 radical (unpaired) electrons. The quantitative estimate of drug-likeness (QED) is 0.613. The van der Waals surface area contributed by atoms with Crippen LogP contribution < -0.4 is 0 Å². The summed E-state index contributed by atoms with van der Waals surface area (Å²) in [5.74, 6) is 1.78. The Morgan fingerprint density at radius 2 is 2.08 bits per heavy atom. The molecule has 0 spiro atoms. The highest BCUT2D eigenvalue weighted by atomic mass is 16.5. The van der Waals surface area contributed by atoms with E-state index in [0.29, 0.717) is 18.0 Å². The maximum absolute atomic E-state index is 5.60. The zero-order valence-corrected chi connectivity index (χ0v) is 9.50. The highest BCUT2D eigenvalue weighted by Crippen LogP contribution is 2.17. The third kappa shape index (κ3) is 2.04. The first-order valence-corrected chi connectivity index (χ1v) is 5.32. The van der Waals surface area contributed by atoms with Crippen LogP contribution in [0.3, 0.4) is 0 Å². The minimum absolute atomic E-state index is 0.579. The van der Waals surface area contributed by atoms with Gasteiger partial charge in [-0.25, -0.2) is 0 Å². The van der Waals surface area contributed by atoms with Gasteiger partial charge in [-0.1, -0.05) is 20.8 Å². The molecule has 1 unspecified atom stereocenters. The molecule has 0 aromatic heterocycles. The summed E-state index contributed by atoms with van der Waals surface area (Å²) in [5, 5.41) is 0. The van der Waals surface area contributed by atoms with Crippen LogP contribution in [0.1, 0.15) is 41.0 Å². The monoisotopic (exact) mass is 184 g/mol. The van der Waals surface area contributed by atoms with E-state index >= 15 is 0 Å². The van der Waals surface area contributed by atoms with Gasteiger partial charge in [0.05, 0.1) is 6.92 Å². The Morgan fingerprint density at radius 1 is 1.46 bits per heavy atom. The predicted molar refractivity (Wildman–Crippen MR) is 55.3 cm³/mol. The van der Waals surface area contributed by atoms with Gasteiger partial charge in [0.1, 0.15) is 0 Å². The van der Waals surface area contributed by atoms with Crippen LogP contribution in [0.2, 0.25) is 0 Å². The van der Waals surface area contributed by atoms with Gasteiger partial charge in [-0.2, -0.15) is 4.58 Å². The molecule has 2 atom stereocenters. The molecule has 0 aromatic carbocycles. The molecule has 0 N–H and O–H groups in total. The van der Waals surface area contributed by atoms with Crippen LogP contribution in [-0.2, 0) is 4.74 Å². The van der Waals surface area contributed by atoms with Crippen molar-refractivity contribution in [1.82, 2.24) is 0 Å². The lowest BCUT2D eigenvalue weighted by Gasteiger charge is -2.15. The molecule has 13 heavy (non-hydrogen) atoms. The van der Waals surface area contributed by atoms with Crippen LogP contribution in [0.25, 0.3) is 0 Å². The Bertz CT molecular complexity index is 208. The summed E-state index contributed by atoms with van der Waals surface area (Å²) < 4.78 is 8.04. The molecule has 1 aliphatic heterocycles. The van der Waals surface area contributed by atoms with Crippen molar-refractivity contribution in [3.05, 3.63) is 0 Å². The Labute approximate surface area is 81.6 Å². The van der Waals surface area contributed by atoms with E-state index in [9.17, 15) is 0 Å². The lowest BCUT2D eigenvalue weighted by atomic mass is 10.0. The summed E-state index contributed by atoms with van der Waals surface area (Å²) in [6, 6.07) is 1.19. The van der Waals surface area contributed by atoms with Crippen LogP contribution >= 0.6 is 0 Å². The largest absolute Gasteiger partial charge is 0.441 e. The highest BCUT2D eigenvalue weighted by Gasteiger charge is 2.37. The van der Waals surface area contributed by atoms with Crippen molar-refractivity contribution < 1.29 is 9.31 Å². The first-order chi connectivity index (χ1) is 6.07. The average molecular weight is 184 g/mol. The van der Waals surface area contributed by atoms with Gasteiger partial charge in [-0.05, 0) is 6.92 Å². The van der Waals surface area contributed by atoms with Crippen molar-refractivity contribution in [3.63, 3.8) is 0 Å². The second kappa shape index (κ2) is 4.12. The summed E-state index contributed by atoms with van der Waals surface area (Å²) in [7, 11) is 0. The molecule has 0 amide bonds. The van der Waals surface area contributed by atoms with Crippen LogP contribution in [0.4, 0.5) is 0 Å². The summed E-state index contributed by atoms with van der Waals surface area (Å²) in [6.45, 7) is 12.0. The van der Waals surface area contributed by atoms with Gasteiger partial charge in [-0.15, -0.1) is 0 Å². The van der Waals surface area contributed by atoms with E-state index in [1.807, 2.05) is 0 Å². The molecule has 1 aliphatic rings. The molecule has 0 saturated heterocycles. The smallest absolute Gasteiger partial charge is 0.333 e. The van der Waals surface area contributed by atoms with Gasteiger partial charge in [0.25, 0.3) is 0 Å². The number of ether oxygens (including phenoxy) is 1. The summed E-state index contributed by atoms with van der Waals surface area (Å²) in [5.41, 5.74) is 0. The van der Waals surface area contributed by atoms with Crippen molar-refractivity contribution in [1.29, 1.82) is 0 Å². The minimum atomic E-state index is 0.579. The Kier molecular flexibility index (Phi) is 3.34. The molecule has 1 rings (SSSR count). The lowest BCUT2D eigenvalue weighted by molar-refractivity contribution is -0.595. The normalized spacial score (nSPS) is 25.2. The Morgan fingerprint density at radius 3 is 2.54 bits per heavy atom. The van der Waals surface area contributed by atoms with E-state index in [2.05, 4.69) is 39.2 Å². The van der Waals surface area contributed by atoms with Crippen molar-refractivity contribution in [2.24, 2.45) is 5.92 Å². The Balaban J connectivity index is 2.81. The van der Waals surface area contributed by atoms with Crippen molar-refractivity contribution in [3.8, 4) is 0 Å². The van der Waals surface area contributed by atoms with Gasteiger partial charge in [0.15, 0.2) is 18.7 Å². The molecular weight excluding hydrogens is 162 g/mol. The molecule has 2 nitrogen and oxygen atoms in total. The maximum atomic E-state index is 5.60. The van der Waals surface area contributed by atoms with Gasteiger partial charge >= 0.3 is 5.90 Å². The fraction of sp³-hybridized carbons (Fsp3) is 0.909. The van der Waals surface area contributed by atoms with Crippen LogP contribution in [0, 0.1) is 5.92 Å². The average Bonchev–Trinajstić information content (AvgIpc) is 2.46. The van der Waals surface area contributed by atoms with Crippen molar-refractivity contribution in [2.45, 2.75) is 53.1 Å². The van der Waals surface area contributed by atoms with Gasteiger partial charge in [0, 0.05) is 12.3 Å². The van der Waals surface area contributed by atoms with Crippen molar-refractivity contribution >= 4 is 5.90 Å². The third-order valence-electron chi connectivity index (χ3n) is 3.02. The molecule has 76 valence electrons. The SMILES string of the molecule is CCC(C)[N+]1=C(C)OC[C@@H]1C(C)C. The maximum Gasteiger partial charge on any atom is 0.333 e. The molecule has 0 fully saturated rings. The topological polar surface area (TPSA) is 12.2 Å². The molecule has 0 aromatic rings. The first kappa shape index (κ1) is 10.6.